The van der Waals surface area contributed by atoms with Crippen LogP contribution in [0.5, 0.6) is 0 Å². The van der Waals surface area contributed by atoms with Gasteiger partial charge in [-0.2, -0.15) is 0 Å². The zero-order chi connectivity index (χ0) is 13.8. The quantitative estimate of drug-likeness (QED) is 0.729. The molecule has 0 bridgehead atoms. The van der Waals surface area contributed by atoms with Crippen molar-refractivity contribution >= 4 is 33.4 Å². The Balaban J connectivity index is 2.25. The SMILES string of the molecule is Cc1cc(Br)cc(C(=O)N2CCCCCC2CCl)c1. The lowest BCUT2D eigenvalue weighted by Crippen LogP contribution is -2.41. The summed E-state index contributed by atoms with van der Waals surface area (Å²) in [6.45, 7) is 2.82. The molecular weight excluding hydrogens is 326 g/mol. The number of aryl methyl sites for hydroxylation is 1. The molecule has 1 saturated heterocycles. The molecule has 0 spiro atoms. The molecule has 1 atom stereocenters. The average molecular weight is 345 g/mol. The Hall–Kier alpha value is -0.540. The summed E-state index contributed by atoms with van der Waals surface area (Å²) in [5, 5.41) is 0. The summed E-state index contributed by atoms with van der Waals surface area (Å²) in [6, 6.07) is 6.03. The summed E-state index contributed by atoms with van der Waals surface area (Å²) in [5.74, 6) is 0.635. The standard InChI is InChI=1S/C15H19BrClNO/c1-11-7-12(9-13(16)8-11)15(19)18-6-4-2-3-5-14(18)10-17/h7-9,14H,2-6,10H2,1H3. The van der Waals surface area contributed by atoms with E-state index >= 15 is 0 Å². The normalized spacial score (nSPS) is 20.2. The van der Waals surface area contributed by atoms with Crippen molar-refractivity contribution in [2.24, 2.45) is 0 Å². The van der Waals surface area contributed by atoms with Gasteiger partial charge in [0.1, 0.15) is 0 Å². The minimum atomic E-state index is 0.108. The molecule has 2 nitrogen and oxygen atoms in total. The molecule has 1 heterocycles. The van der Waals surface area contributed by atoms with E-state index in [0.717, 1.165) is 35.0 Å². The highest BCUT2D eigenvalue weighted by atomic mass is 79.9. The van der Waals surface area contributed by atoms with E-state index in [9.17, 15) is 4.79 Å². The number of amides is 1. The molecule has 0 aliphatic carbocycles. The van der Waals surface area contributed by atoms with E-state index in [0.29, 0.717) is 5.88 Å². The van der Waals surface area contributed by atoms with Crippen molar-refractivity contribution < 1.29 is 4.79 Å². The van der Waals surface area contributed by atoms with Crippen LogP contribution in [0.4, 0.5) is 0 Å². The number of nitrogens with zero attached hydrogens (tertiary/aromatic N) is 1. The van der Waals surface area contributed by atoms with Gasteiger partial charge in [0.15, 0.2) is 0 Å². The lowest BCUT2D eigenvalue weighted by molar-refractivity contribution is 0.0700. The van der Waals surface area contributed by atoms with Crippen LogP contribution in [0.25, 0.3) is 0 Å². The number of carbonyl (C=O) groups is 1. The van der Waals surface area contributed by atoms with Crippen LogP contribution in [0.2, 0.25) is 0 Å². The fourth-order valence-corrected chi connectivity index (χ4v) is 3.56. The van der Waals surface area contributed by atoms with Crippen molar-refractivity contribution in [3.8, 4) is 0 Å². The van der Waals surface area contributed by atoms with Crippen LogP contribution in [0, 0.1) is 6.92 Å². The number of hydrogen-bond donors (Lipinski definition) is 0. The highest BCUT2D eigenvalue weighted by Crippen LogP contribution is 2.22. The predicted octanol–water partition coefficient (Wildman–Crippen LogP) is 4.38. The molecule has 0 N–H and O–H groups in total. The second kappa shape index (κ2) is 6.76. The van der Waals surface area contributed by atoms with Crippen LogP contribution in [0.3, 0.4) is 0 Å². The first-order chi connectivity index (χ1) is 9.11. The lowest BCUT2D eigenvalue weighted by atomic mass is 10.1. The molecule has 1 amide bonds. The molecular formula is C15H19BrClNO. The lowest BCUT2D eigenvalue weighted by Gasteiger charge is -2.28. The van der Waals surface area contributed by atoms with Gasteiger partial charge < -0.3 is 4.90 Å². The van der Waals surface area contributed by atoms with Crippen molar-refractivity contribution in [3.05, 3.63) is 33.8 Å². The largest absolute Gasteiger partial charge is 0.334 e. The number of likely N-dealkylation sites (tertiary alicyclic amines) is 1. The van der Waals surface area contributed by atoms with Crippen LogP contribution < -0.4 is 0 Å². The van der Waals surface area contributed by atoms with Crippen LogP contribution in [-0.4, -0.2) is 29.3 Å². The third-order valence-corrected chi connectivity index (χ3v) is 4.42. The molecule has 2 rings (SSSR count). The molecule has 1 aromatic carbocycles. The monoisotopic (exact) mass is 343 g/mol. The molecule has 0 saturated carbocycles. The molecule has 0 aromatic heterocycles. The van der Waals surface area contributed by atoms with Gasteiger partial charge in [-0.1, -0.05) is 28.8 Å². The van der Waals surface area contributed by atoms with E-state index in [1.54, 1.807) is 0 Å². The number of halogens is 2. The first kappa shape index (κ1) is 14.9. The first-order valence-electron chi connectivity index (χ1n) is 6.76. The number of benzene rings is 1. The molecule has 1 aliphatic rings. The second-order valence-corrected chi connectivity index (χ2v) is 6.40. The molecule has 1 aromatic rings. The topological polar surface area (TPSA) is 20.3 Å². The minimum absolute atomic E-state index is 0.108. The Morgan fingerprint density at radius 1 is 1.37 bits per heavy atom. The van der Waals surface area contributed by atoms with Gasteiger partial charge in [0.25, 0.3) is 5.91 Å². The average Bonchev–Trinajstić information content (AvgIpc) is 2.61. The third kappa shape index (κ3) is 3.73. The summed E-state index contributed by atoms with van der Waals surface area (Å²) in [7, 11) is 0. The molecule has 0 radical (unpaired) electrons. The fourth-order valence-electron chi connectivity index (χ4n) is 2.63. The molecule has 1 fully saturated rings. The van der Waals surface area contributed by atoms with Crippen LogP contribution in [0.15, 0.2) is 22.7 Å². The van der Waals surface area contributed by atoms with E-state index in [4.69, 9.17) is 11.6 Å². The summed E-state index contributed by atoms with van der Waals surface area (Å²) >= 11 is 9.49. The summed E-state index contributed by atoms with van der Waals surface area (Å²) < 4.78 is 0.952. The van der Waals surface area contributed by atoms with Gasteiger partial charge in [-0.15, -0.1) is 11.6 Å². The van der Waals surface area contributed by atoms with Crippen molar-refractivity contribution in [2.45, 2.75) is 38.6 Å². The molecule has 4 heteroatoms. The predicted molar refractivity (Wildman–Crippen MR) is 82.9 cm³/mol. The number of carbonyl (C=O) groups excluding carboxylic acids is 1. The smallest absolute Gasteiger partial charge is 0.254 e. The zero-order valence-electron chi connectivity index (χ0n) is 11.2. The molecule has 1 aliphatic heterocycles. The third-order valence-electron chi connectivity index (χ3n) is 3.61. The van der Waals surface area contributed by atoms with Crippen LogP contribution in [-0.2, 0) is 0 Å². The second-order valence-electron chi connectivity index (χ2n) is 5.17. The maximum atomic E-state index is 12.7. The van der Waals surface area contributed by atoms with E-state index in [2.05, 4.69) is 15.9 Å². The van der Waals surface area contributed by atoms with E-state index in [-0.39, 0.29) is 11.9 Å². The summed E-state index contributed by atoms with van der Waals surface area (Å²) in [6.07, 6.45) is 4.45. The number of rotatable bonds is 2. The highest BCUT2D eigenvalue weighted by Gasteiger charge is 2.25. The summed E-state index contributed by atoms with van der Waals surface area (Å²) in [5.41, 5.74) is 1.85. The highest BCUT2D eigenvalue weighted by molar-refractivity contribution is 9.10. The number of hydrogen-bond acceptors (Lipinski definition) is 1. The van der Waals surface area contributed by atoms with E-state index < -0.39 is 0 Å². The van der Waals surface area contributed by atoms with Gasteiger partial charge in [-0.05, 0) is 43.5 Å². The van der Waals surface area contributed by atoms with Crippen molar-refractivity contribution in [1.82, 2.24) is 4.90 Å². The van der Waals surface area contributed by atoms with Crippen molar-refractivity contribution in [3.63, 3.8) is 0 Å². The van der Waals surface area contributed by atoms with Crippen molar-refractivity contribution in [2.75, 3.05) is 12.4 Å². The maximum absolute atomic E-state index is 12.7. The molecule has 104 valence electrons. The van der Waals surface area contributed by atoms with Gasteiger partial charge in [-0.3, -0.25) is 4.79 Å². The van der Waals surface area contributed by atoms with Crippen LogP contribution in [0.1, 0.15) is 41.6 Å². The molecule has 19 heavy (non-hydrogen) atoms. The van der Waals surface area contributed by atoms with Gasteiger partial charge in [0.05, 0.1) is 0 Å². The Morgan fingerprint density at radius 2 is 2.16 bits per heavy atom. The fraction of sp³-hybridized carbons (Fsp3) is 0.533. The molecule has 1 unspecified atom stereocenters. The minimum Gasteiger partial charge on any atom is -0.334 e. The van der Waals surface area contributed by atoms with Crippen LogP contribution >= 0.6 is 27.5 Å². The Morgan fingerprint density at radius 3 is 2.84 bits per heavy atom. The van der Waals surface area contributed by atoms with Gasteiger partial charge in [0.2, 0.25) is 0 Å². The van der Waals surface area contributed by atoms with Crippen molar-refractivity contribution in [1.29, 1.82) is 0 Å². The van der Waals surface area contributed by atoms with Gasteiger partial charge in [-0.25, -0.2) is 0 Å². The first-order valence-corrected chi connectivity index (χ1v) is 8.08. The van der Waals surface area contributed by atoms with E-state index in [1.807, 2.05) is 30.0 Å². The summed E-state index contributed by atoms with van der Waals surface area (Å²) in [4.78, 5) is 14.6. The van der Waals surface area contributed by atoms with E-state index in [1.165, 1.54) is 12.8 Å². The Kier molecular flexibility index (Phi) is 5.28. The maximum Gasteiger partial charge on any atom is 0.254 e. The Bertz CT molecular complexity index is 443. The zero-order valence-corrected chi connectivity index (χ0v) is 13.5. The van der Waals surface area contributed by atoms with Gasteiger partial charge in [0, 0.05) is 28.5 Å². The number of alkyl halides is 1. The Labute approximate surface area is 128 Å². The van der Waals surface area contributed by atoms with Gasteiger partial charge >= 0.3 is 0 Å².